The van der Waals surface area contributed by atoms with Crippen LogP contribution in [0.25, 0.3) is 0 Å². The van der Waals surface area contributed by atoms with E-state index < -0.39 is 0 Å². The van der Waals surface area contributed by atoms with Gasteiger partial charge in [0.1, 0.15) is 18.1 Å². The van der Waals surface area contributed by atoms with Crippen molar-refractivity contribution in [3.05, 3.63) is 82.6 Å². The van der Waals surface area contributed by atoms with E-state index in [1.54, 1.807) is 42.6 Å². The van der Waals surface area contributed by atoms with Crippen LogP contribution in [0.1, 0.15) is 27.9 Å². The molecule has 0 unspecified atom stereocenters. The molecule has 0 fully saturated rings. The highest BCUT2D eigenvalue weighted by Crippen LogP contribution is 2.41. The number of fused-ring (bicyclic) bond motifs is 1. The molecule has 1 aliphatic rings. The first kappa shape index (κ1) is 19.3. The summed E-state index contributed by atoms with van der Waals surface area (Å²) in [5, 5.41) is 0.659. The monoisotopic (exact) mass is 408 g/mol. The Morgan fingerprint density at radius 3 is 2.90 bits per heavy atom. The zero-order valence-electron chi connectivity index (χ0n) is 16.1. The molecule has 0 N–H and O–H groups in total. The van der Waals surface area contributed by atoms with E-state index >= 15 is 0 Å². The fourth-order valence-corrected chi connectivity index (χ4v) is 3.79. The smallest absolute Gasteiger partial charge is 0.258 e. The second-order valence-corrected chi connectivity index (χ2v) is 7.22. The van der Waals surface area contributed by atoms with Gasteiger partial charge in [-0.05, 0) is 54.8 Å². The molecular weight excluding hydrogens is 388 g/mol. The van der Waals surface area contributed by atoms with Crippen LogP contribution in [0.5, 0.6) is 11.5 Å². The van der Waals surface area contributed by atoms with Crippen molar-refractivity contribution < 1.29 is 14.3 Å². The molecule has 0 atom stereocenters. The number of hydrogen-bond donors (Lipinski definition) is 0. The standard InChI is InChI=1S/C23H21ClN2O3/c1-28-21-10-9-20(24)19-8-4-12-26(22(19)21)23(27)17-6-2-7-18(13-17)29-15-16-5-3-11-25-14-16/h2-3,5-7,9-11,13-14H,4,8,12,15H2,1H3. The third kappa shape index (κ3) is 4.05. The minimum absolute atomic E-state index is 0.0988. The van der Waals surface area contributed by atoms with E-state index in [1.807, 2.05) is 30.3 Å². The fourth-order valence-electron chi connectivity index (χ4n) is 3.54. The van der Waals surface area contributed by atoms with E-state index in [0.29, 0.717) is 35.2 Å². The normalized spacial score (nSPS) is 13.0. The van der Waals surface area contributed by atoms with Crippen molar-refractivity contribution in [3.63, 3.8) is 0 Å². The average Bonchev–Trinajstić information content (AvgIpc) is 2.78. The molecule has 0 spiro atoms. The largest absolute Gasteiger partial charge is 0.495 e. The summed E-state index contributed by atoms with van der Waals surface area (Å²) in [6, 6.07) is 14.7. The van der Waals surface area contributed by atoms with Gasteiger partial charge in [0.2, 0.25) is 0 Å². The fraction of sp³-hybridized carbons (Fsp3) is 0.217. The number of nitrogens with zero attached hydrogens (tertiary/aromatic N) is 2. The average molecular weight is 409 g/mol. The summed E-state index contributed by atoms with van der Waals surface area (Å²) in [6.45, 7) is 1.00. The molecule has 148 valence electrons. The Morgan fingerprint density at radius 2 is 2.10 bits per heavy atom. The lowest BCUT2D eigenvalue weighted by Gasteiger charge is -2.31. The van der Waals surface area contributed by atoms with Crippen LogP contribution in [0.15, 0.2) is 60.9 Å². The summed E-state index contributed by atoms with van der Waals surface area (Å²) in [4.78, 5) is 19.2. The Kier molecular flexibility index (Phi) is 5.67. The van der Waals surface area contributed by atoms with Crippen molar-refractivity contribution in [2.45, 2.75) is 19.4 Å². The highest BCUT2D eigenvalue weighted by molar-refractivity contribution is 6.32. The molecule has 1 aliphatic heterocycles. The number of hydrogen-bond acceptors (Lipinski definition) is 4. The number of carbonyl (C=O) groups is 1. The Balaban J connectivity index is 1.59. The van der Waals surface area contributed by atoms with Gasteiger partial charge < -0.3 is 14.4 Å². The van der Waals surface area contributed by atoms with E-state index in [4.69, 9.17) is 21.1 Å². The number of aromatic nitrogens is 1. The summed E-state index contributed by atoms with van der Waals surface area (Å²) in [7, 11) is 1.60. The molecule has 1 amide bonds. The minimum Gasteiger partial charge on any atom is -0.495 e. The van der Waals surface area contributed by atoms with Crippen molar-refractivity contribution in [1.29, 1.82) is 0 Å². The molecule has 0 saturated carbocycles. The molecule has 6 heteroatoms. The van der Waals surface area contributed by atoms with Gasteiger partial charge in [0.25, 0.3) is 5.91 Å². The van der Waals surface area contributed by atoms with Crippen LogP contribution < -0.4 is 14.4 Å². The maximum atomic E-state index is 13.3. The number of methoxy groups -OCH3 is 1. The molecule has 3 aromatic rings. The van der Waals surface area contributed by atoms with E-state index in [-0.39, 0.29) is 5.91 Å². The van der Waals surface area contributed by atoms with Crippen molar-refractivity contribution in [3.8, 4) is 11.5 Å². The third-order valence-corrected chi connectivity index (χ3v) is 5.30. The van der Waals surface area contributed by atoms with Crippen molar-refractivity contribution in [1.82, 2.24) is 4.98 Å². The molecular formula is C23H21ClN2O3. The van der Waals surface area contributed by atoms with Crippen LogP contribution in [0.2, 0.25) is 5.02 Å². The summed E-state index contributed by atoms with van der Waals surface area (Å²) >= 11 is 6.39. The van der Waals surface area contributed by atoms with Gasteiger partial charge in [-0.25, -0.2) is 0 Å². The van der Waals surface area contributed by atoms with E-state index in [2.05, 4.69) is 4.98 Å². The summed E-state index contributed by atoms with van der Waals surface area (Å²) < 4.78 is 11.4. The van der Waals surface area contributed by atoms with Crippen molar-refractivity contribution >= 4 is 23.2 Å². The Morgan fingerprint density at radius 1 is 1.21 bits per heavy atom. The van der Waals surface area contributed by atoms with Gasteiger partial charge in [-0.1, -0.05) is 23.7 Å². The van der Waals surface area contributed by atoms with Crippen molar-refractivity contribution in [2.24, 2.45) is 0 Å². The predicted octanol–water partition coefficient (Wildman–Crippen LogP) is 4.92. The van der Waals surface area contributed by atoms with E-state index in [0.717, 1.165) is 29.7 Å². The van der Waals surface area contributed by atoms with Gasteiger partial charge in [-0.15, -0.1) is 0 Å². The first-order valence-electron chi connectivity index (χ1n) is 9.46. The van der Waals surface area contributed by atoms with Crippen LogP contribution in [0.3, 0.4) is 0 Å². The molecule has 0 radical (unpaired) electrons. The highest BCUT2D eigenvalue weighted by atomic mass is 35.5. The van der Waals surface area contributed by atoms with Gasteiger partial charge >= 0.3 is 0 Å². The zero-order chi connectivity index (χ0) is 20.2. The lowest BCUT2D eigenvalue weighted by molar-refractivity contribution is 0.0984. The van der Waals surface area contributed by atoms with Crippen LogP contribution in [-0.4, -0.2) is 24.5 Å². The maximum Gasteiger partial charge on any atom is 0.258 e. The van der Waals surface area contributed by atoms with Gasteiger partial charge in [0.15, 0.2) is 0 Å². The van der Waals surface area contributed by atoms with Crippen LogP contribution in [0.4, 0.5) is 5.69 Å². The summed E-state index contributed by atoms with van der Waals surface area (Å²) in [6.07, 6.45) is 5.15. The van der Waals surface area contributed by atoms with Crippen LogP contribution in [-0.2, 0) is 13.0 Å². The predicted molar refractivity (Wildman–Crippen MR) is 113 cm³/mol. The lowest BCUT2D eigenvalue weighted by Crippen LogP contribution is -2.36. The minimum atomic E-state index is -0.0988. The molecule has 0 aliphatic carbocycles. The molecule has 2 heterocycles. The molecule has 29 heavy (non-hydrogen) atoms. The van der Waals surface area contributed by atoms with Gasteiger partial charge in [0.05, 0.1) is 12.8 Å². The lowest BCUT2D eigenvalue weighted by atomic mass is 9.99. The summed E-state index contributed by atoms with van der Waals surface area (Å²) in [5.41, 5.74) is 3.24. The topological polar surface area (TPSA) is 51.7 Å². The third-order valence-electron chi connectivity index (χ3n) is 4.94. The second kappa shape index (κ2) is 8.53. The zero-order valence-corrected chi connectivity index (χ0v) is 16.9. The molecule has 0 saturated heterocycles. The van der Waals surface area contributed by atoms with Gasteiger partial charge in [-0.3, -0.25) is 9.78 Å². The van der Waals surface area contributed by atoms with Gasteiger partial charge in [-0.2, -0.15) is 0 Å². The molecule has 4 rings (SSSR count). The van der Waals surface area contributed by atoms with E-state index in [1.165, 1.54) is 0 Å². The van der Waals surface area contributed by atoms with Crippen molar-refractivity contribution in [2.75, 3.05) is 18.6 Å². The van der Waals surface area contributed by atoms with E-state index in [9.17, 15) is 4.79 Å². The number of anilines is 1. The Labute approximate surface area is 174 Å². The molecule has 1 aromatic heterocycles. The maximum absolute atomic E-state index is 13.3. The number of carbonyl (C=O) groups excluding carboxylic acids is 1. The summed E-state index contributed by atoms with van der Waals surface area (Å²) in [5.74, 6) is 1.19. The first-order chi connectivity index (χ1) is 14.2. The SMILES string of the molecule is COc1ccc(Cl)c2c1N(C(=O)c1cccc(OCc3cccnc3)c1)CCC2. The van der Waals surface area contributed by atoms with Gasteiger partial charge in [0, 0.05) is 35.1 Å². The Bertz CT molecular complexity index is 1020. The number of rotatable bonds is 5. The molecule has 0 bridgehead atoms. The van der Waals surface area contributed by atoms with Crippen LogP contribution >= 0.6 is 11.6 Å². The molecule has 2 aromatic carbocycles. The highest BCUT2D eigenvalue weighted by Gasteiger charge is 2.28. The Hall–Kier alpha value is -3.05. The first-order valence-corrected chi connectivity index (χ1v) is 9.84. The number of halogens is 1. The number of pyridine rings is 1. The second-order valence-electron chi connectivity index (χ2n) is 6.81. The number of benzene rings is 2. The number of amides is 1. The molecule has 5 nitrogen and oxygen atoms in total. The van der Waals surface area contributed by atoms with Crippen LogP contribution in [0, 0.1) is 0 Å². The quantitative estimate of drug-likeness (QED) is 0.601. The number of ether oxygens (including phenoxy) is 2.